The zero-order chi connectivity index (χ0) is 66.4. The summed E-state index contributed by atoms with van der Waals surface area (Å²) in [6.45, 7) is 12.3. The molecule has 0 unspecified atom stereocenters. The highest BCUT2D eigenvalue weighted by Gasteiger charge is 2.37. The van der Waals surface area contributed by atoms with Crippen molar-refractivity contribution >= 4 is 65.0 Å². The molecule has 1 saturated heterocycles. The largest absolute Gasteiger partial charge is 0.370 e. The smallest absolute Gasteiger partial charge is 0.243 e. The molecule has 1 aromatic carbocycles. The van der Waals surface area contributed by atoms with Crippen molar-refractivity contribution < 1.29 is 52.7 Å². The van der Waals surface area contributed by atoms with Crippen LogP contribution in [0.15, 0.2) is 30.3 Å². The average molecular weight is 1260 g/mol. The van der Waals surface area contributed by atoms with E-state index in [2.05, 4.69) is 53.2 Å². The predicted octanol–water partition coefficient (Wildman–Crippen LogP) is -0.861. The van der Waals surface area contributed by atoms with Crippen LogP contribution in [-0.2, 0) is 59.2 Å². The maximum atomic E-state index is 14.8. The molecule has 504 valence electrons. The van der Waals surface area contributed by atoms with Gasteiger partial charge in [0.15, 0.2) is 0 Å². The van der Waals surface area contributed by atoms with Gasteiger partial charge in [-0.25, -0.2) is 0 Å². The van der Waals surface area contributed by atoms with E-state index >= 15 is 0 Å². The van der Waals surface area contributed by atoms with E-state index in [1.165, 1.54) is 0 Å². The standard InChI is InChI=1S/C62H110N16O11/c1-38(2)34-48-60(87)74-47(27-28-52(68)79)58(85)71-42(22-10-15-29-63)53(80)69-45(25-13-18-32-66)56(83)76-50(36-40(5)6)61(88)77-49(35-39(3)4)59(86)72-46(26-14-19-33-67)57(84)78-51(37-41-20-8-7-9-21-41)62(89)73-43(23-11-16-30-64)54(81)70-44(55(82)75-48)24-12-17-31-65/h7-9,20-21,38-40,42-51H,10-19,22-37,63-67H2,1-6H3,(H2,68,79)(H,69,80)(H,70,81)(H,71,85)(H,72,86)(H,73,89)(H,74,87)(H,75,82)(H,76,83)(H,77,88)(H,78,84)/t42-,43-,44-,45-,46-,47-,48-,49-,50-,51-/m0/s1. The van der Waals surface area contributed by atoms with E-state index in [9.17, 15) is 52.7 Å². The van der Waals surface area contributed by atoms with Crippen LogP contribution in [0.25, 0.3) is 0 Å². The monoisotopic (exact) mass is 1250 g/mol. The maximum absolute atomic E-state index is 14.8. The topological polar surface area (TPSA) is 464 Å². The van der Waals surface area contributed by atoms with Crippen molar-refractivity contribution in [3.05, 3.63) is 35.9 Å². The van der Waals surface area contributed by atoms with E-state index in [-0.39, 0.29) is 121 Å². The number of unbranched alkanes of at least 4 members (excludes halogenated alkanes) is 5. The highest BCUT2D eigenvalue weighted by molar-refractivity contribution is 5.99. The van der Waals surface area contributed by atoms with Crippen molar-refractivity contribution in [3.63, 3.8) is 0 Å². The third kappa shape index (κ3) is 31.5. The first-order chi connectivity index (χ1) is 42.4. The van der Waals surface area contributed by atoms with Gasteiger partial charge in [0.1, 0.15) is 60.4 Å². The lowest BCUT2D eigenvalue weighted by atomic mass is 9.98. The molecule has 1 aliphatic rings. The zero-order valence-electron chi connectivity index (χ0n) is 53.7. The van der Waals surface area contributed by atoms with E-state index in [1.54, 1.807) is 44.2 Å². The summed E-state index contributed by atoms with van der Waals surface area (Å²) in [7, 11) is 0. The summed E-state index contributed by atoms with van der Waals surface area (Å²) in [6, 6.07) is -4.30. The maximum Gasteiger partial charge on any atom is 0.243 e. The van der Waals surface area contributed by atoms with Crippen LogP contribution in [0.5, 0.6) is 0 Å². The van der Waals surface area contributed by atoms with E-state index in [0.29, 0.717) is 69.8 Å². The third-order valence-corrected chi connectivity index (χ3v) is 15.1. The number of carbonyl (C=O) groups excluding carboxylic acids is 11. The fraction of sp³-hybridized carbons (Fsp3) is 0.726. The number of hydrogen-bond donors (Lipinski definition) is 16. The van der Waals surface area contributed by atoms with Crippen LogP contribution < -0.4 is 87.6 Å². The molecule has 0 bridgehead atoms. The summed E-state index contributed by atoms with van der Waals surface area (Å²) in [6.07, 6.45) is 3.78. The van der Waals surface area contributed by atoms with Gasteiger partial charge in [-0.05, 0) is 178 Å². The quantitative estimate of drug-likeness (QED) is 0.0402. The molecular formula is C62H110N16O11. The number of hydrogen-bond acceptors (Lipinski definition) is 16. The van der Waals surface area contributed by atoms with Crippen molar-refractivity contribution in [2.75, 3.05) is 32.7 Å². The molecule has 1 aliphatic heterocycles. The molecule has 1 heterocycles. The Hall–Kier alpha value is -6.81. The summed E-state index contributed by atoms with van der Waals surface area (Å²) in [5.41, 5.74) is 35.5. The van der Waals surface area contributed by atoms with Crippen LogP contribution in [0.3, 0.4) is 0 Å². The normalized spacial score (nSPS) is 23.9. The number of nitrogens with two attached hydrogens (primary N) is 6. The molecule has 1 aromatic rings. The molecule has 0 radical (unpaired) electrons. The fourth-order valence-electron chi connectivity index (χ4n) is 10.3. The Balaban J connectivity index is 3.01. The summed E-state index contributed by atoms with van der Waals surface area (Å²) in [4.78, 5) is 158. The van der Waals surface area contributed by atoms with Crippen LogP contribution in [-0.4, -0.2) is 158 Å². The Bertz CT molecular complexity index is 2370. The van der Waals surface area contributed by atoms with Crippen molar-refractivity contribution in [2.24, 2.45) is 52.2 Å². The number of amides is 11. The molecule has 0 aliphatic carbocycles. The molecule has 27 nitrogen and oxygen atoms in total. The summed E-state index contributed by atoms with van der Waals surface area (Å²) in [5, 5.41) is 27.9. The summed E-state index contributed by atoms with van der Waals surface area (Å²) >= 11 is 0. The lowest BCUT2D eigenvalue weighted by Gasteiger charge is -2.30. The van der Waals surface area contributed by atoms with Gasteiger partial charge in [0.25, 0.3) is 0 Å². The van der Waals surface area contributed by atoms with Crippen LogP contribution in [0.4, 0.5) is 0 Å². The van der Waals surface area contributed by atoms with Gasteiger partial charge in [-0.3, -0.25) is 52.7 Å². The minimum atomic E-state index is -1.50. The average Bonchev–Trinajstić information content (AvgIpc) is 3.69. The van der Waals surface area contributed by atoms with Gasteiger partial charge >= 0.3 is 0 Å². The molecule has 0 aromatic heterocycles. The van der Waals surface area contributed by atoms with Crippen molar-refractivity contribution in [2.45, 2.75) is 237 Å². The Morgan fingerprint density at radius 3 is 0.775 bits per heavy atom. The first-order valence-electron chi connectivity index (χ1n) is 32.2. The fourth-order valence-corrected chi connectivity index (χ4v) is 10.3. The van der Waals surface area contributed by atoms with Gasteiger partial charge in [0.2, 0.25) is 65.0 Å². The number of nitrogens with one attached hydrogen (secondary N) is 10. The second kappa shape index (κ2) is 43.8. The van der Waals surface area contributed by atoms with Gasteiger partial charge < -0.3 is 87.6 Å². The minimum absolute atomic E-state index is 0.0186. The van der Waals surface area contributed by atoms with Crippen LogP contribution in [0.1, 0.15) is 176 Å². The molecular weight excluding hydrogens is 1140 g/mol. The van der Waals surface area contributed by atoms with Crippen molar-refractivity contribution in [1.82, 2.24) is 53.2 Å². The number of rotatable bonds is 31. The van der Waals surface area contributed by atoms with Crippen LogP contribution in [0, 0.1) is 17.8 Å². The minimum Gasteiger partial charge on any atom is -0.370 e. The first-order valence-corrected chi connectivity index (χ1v) is 32.2. The Morgan fingerprint density at radius 2 is 0.539 bits per heavy atom. The molecule has 1 fully saturated rings. The molecule has 22 N–H and O–H groups in total. The Labute approximate surface area is 526 Å². The molecule has 2 rings (SSSR count). The van der Waals surface area contributed by atoms with Crippen LogP contribution in [0.2, 0.25) is 0 Å². The predicted molar refractivity (Wildman–Crippen MR) is 341 cm³/mol. The SMILES string of the molecule is CC(C)C[C@@H]1NC(=O)[C@H](CCCCN)NC(=O)[C@H](CCCCN)NC(=O)[C@H](Cc2ccccc2)NC(=O)[C@H](CCCCN)NC(=O)[C@H](CC(C)C)NC(=O)[C@H](CC(C)C)NC(=O)[C@H](CCCCN)NC(=O)[C@H](CCCCN)NC(=O)[C@H](CCC(N)=O)NC1=O. The van der Waals surface area contributed by atoms with Crippen molar-refractivity contribution in [3.8, 4) is 0 Å². The summed E-state index contributed by atoms with van der Waals surface area (Å²) in [5.74, 6) is -9.13. The van der Waals surface area contributed by atoms with E-state index in [1.807, 2.05) is 27.7 Å². The Kier molecular flexibility index (Phi) is 38.5. The second-order valence-electron chi connectivity index (χ2n) is 24.6. The lowest BCUT2D eigenvalue weighted by Crippen LogP contribution is -2.61. The highest BCUT2D eigenvalue weighted by Crippen LogP contribution is 2.16. The molecule has 27 heteroatoms. The lowest BCUT2D eigenvalue weighted by molar-refractivity contribution is -0.137. The second-order valence-corrected chi connectivity index (χ2v) is 24.6. The molecule has 0 spiro atoms. The van der Waals surface area contributed by atoms with Crippen LogP contribution >= 0.6 is 0 Å². The van der Waals surface area contributed by atoms with Crippen molar-refractivity contribution in [1.29, 1.82) is 0 Å². The Morgan fingerprint density at radius 1 is 0.326 bits per heavy atom. The van der Waals surface area contributed by atoms with E-state index in [0.717, 1.165) is 0 Å². The van der Waals surface area contributed by atoms with E-state index < -0.39 is 125 Å². The molecule has 10 atom stereocenters. The van der Waals surface area contributed by atoms with Gasteiger partial charge in [0, 0.05) is 12.8 Å². The number of benzene rings is 1. The molecule has 89 heavy (non-hydrogen) atoms. The van der Waals surface area contributed by atoms with Gasteiger partial charge in [-0.1, -0.05) is 71.9 Å². The zero-order valence-corrected chi connectivity index (χ0v) is 53.7. The van der Waals surface area contributed by atoms with E-state index in [4.69, 9.17) is 34.4 Å². The van der Waals surface area contributed by atoms with Gasteiger partial charge in [-0.2, -0.15) is 0 Å². The summed E-state index contributed by atoms with van der Waals surface area (Å²) < 4.78 is 0. The molecule has 0 saturated carbocycles. The number of primary amides is 1. The third-order valence-electron chi connectivity index (χ3n) is 15.1. The highest BCUT2D eigenvalue weighted by atomic mass is 16.2. The molecule has 11 amide bonds. The van der Waals surface area contributed by atoms with Gasteiger partial charge in [0.05, 0.1) is 0 Å². The first kappa shape index (κ1) is 78.3. The number of carbonyl (C=O) groups is 11. The van der Waals surface area contributed by atoms with Gasteiger partial charge in [-0.15, -0.1) is 0 Å².